The lowest BCUT2D eigenvalue weighted by Gasteiger charge is -2.04. The van der Waals surface area contributed by atoms with Gasteiger partial charge in [-0.2, -0.15) is 10.1 Å². The lowest BCUT2D eigenvalue weighted by atomic mass is 10.2. The summed E-state index contributed by atoms with van der Waals surface area (Å²) >= 11 is 0. The van der Waals surface area contributed by atoms with E-state index in [1.54, 1.807) is 23.7 Å². The number of fused-ring (bicyclic) bond motifs is 1. The number of aromatic nitrogens is 6. The predicted octanol–water partition coefficient (Wildman–Crippen LogP) is 2.09. The van der Waals surface area contributed by atoms with Crippen LogP contribution >= 0.6 is 0 Å². The molecule has 0 fully saturated rings. The van der Waals surface area contributed by atoms with Gasteiger partial charge in [-0.25, -0.2) is 4.52 Å². The van der Waals surface area contributed by atoms with E-state index in [0.717, 1.165) is 23.5 Å². The van der Waals surface area contributed by atoms with Gasteiger partial charge in [-0.05, 0) is 32.0 Å². The Labute approximate surface area is 148 Å². The van der Waals surface area contributed by atoms with Crippen molar-refractivity contribution in [3.8, 4) is 11.3 Å². The van der Waals surface area contributed by atoms with Gasteiger partial charge < -0.3 is 4.52 Å². The Morgan fingerprint density at radius 3 is 2.96 bits per heavy atom. The third-order valence-electron chi connectivity index (χ3n) is 3.91. The zero-order valence-corrected chi connectivity index (χ0v) is 14.4. The van der Waals surface area contributed by atoms with Crippen LogP contribution in [-0.4, -0.2) is 35.4 Å². The maximum absolute atomic E-state index is 12.1. The lowest BCUT2D eigenvalue weighted by molar-refractivity contribution is -0.115. The summed E-state index contributed by atoms with van der Waals surface area (Å²) < 4.78 is 8.58. The van der Waals surface area contributed by atoms with Gasteiger partial charge >= 0.3 is 0 Å². The maximum Gasteiger partial charge on any atom is 0.249 e. The molecule has 4 heterocycles. The number of carbonyl (C=O) groups excluding carboxylic acids is 1. The smallest absolute Gasteiger partial charge is 0.249 e. The molecule has 9 heteroatoms. The molecule has 0 unspecified atom stereocenters. The average molecular weight is 351 g/mol. The minimum Gasteiger partial charge on any atom is -0.361 e. The predicted molar refractivity (Wildman–Crippen MR) is 93.5 cm³/mol. The van der Waals surface area contributed by atoms with E-state index in [1.807, 2.05) is 36.0 Å². The van der Waals surface area contributed by atoms with Crippen molar-refractivity contribution in [1.82, 2.24) is 29.5 Å². The Morgan fingerprint density at radius 2 is 2.19 bits per heavy atom. The summed E-state index contributed by atoms with van der Waals surface area (Å²) in [6, 6.07) is 7.48. The number of rotatable bonds is 5. The summed E-state index contributed by atoms with van der Waals surface area (Å²) in [5.41, 5.74) is 3.34. The van der Waals surface area contributed by atoms with Crippen molar-refractivity contribution in [2.24, 2.45) is 0 Å². The molecule has 1 N–H and O–H groups in total. The summed E-state index contributed by atoms with van der Waals surface area (Å²) in [5, 5.41) is 15.0. The second-order valence-corrected chi connectivity index (χ2v) is 5.85. The molecule has 4 aromatic heterocycles. The first-order chi connectivity index (χ1) is 12.6. The van der Waals surface area contributed by atoms with Gasteiger partial charge in [0.15, 0.2) is 5.65 Å². The van der Waals surface area contributed by atoms with Gasteiger partial charge in [0.25, 0.3) is 0 Å². The number of aryl methyl sites for hydroxylation is 2. The van der Waals surface area contributed by atoms with Crippen molar-refractivity contribution in [1.29, 1.82) is 0 Å². The molecule has 0 aromatic carbocycles. The minimum atomic E-state index is -0.263. The molecule has 0 aliphatic rings. The highest BCUT2D eigenvalue weighted by atomic mass is 16.5. The minimum absolute atomic E-state index is 0.0807. The molecule has 0 spiro atoms. The largest absolute Gasteiger partial charge is 0.361 e. The number of anilines is 1. The first-order valence-electron chi connectivity index (χ1n) is 8.23. The van der Waals surface area contributed by atoms with Crippen LogP contribution in [0, 0.1) is 6.92 Å². The summed E-state index contributed by atoms with van der Waals surface area (Å²) in [6.45, 7) is 4.62. The van der Waals surface area contributed by atoms with Crippen LogP contribution in [0.5, 0.6) is 0 Å². The number of hydrogen-bond acceptors (Lipinski definition) is 6. The van der Waals surface area contributed by atoms with Crippen molar-refractivity contribution in [3.63, 3.8) is 0 Å². The van der Waals surface area contributed by atoms with Crippen LogP contribution in [0.25, 0.3) is 16.9 Å². The molecule has 26 heavy (non-hydrogen) atoms. The Hall–Kier alpha value is -3.49. The molecule has 1 amide bonds. The number of amides is 1. The van der Waals surface area contributed by atoms with E-state index < -0.39 is 0 Å². The molecular weight excluding hydrogens is 334 g/mol. The zero-order valence-electron chi connectivity index (χ0n) is 14.4. The Morgan fingerprint density at radius 1 is 1.31 bits per heavy atom. The molecule has 0 bridgehead atoms. The molecular formula is C17H17N7O2. The first-order valence-corrected chi connectivity index (χ1v) is 8.23. The van der Waals surface area contributed by atoms with E-state index in [-0.39, 0.29) is 18.3 Å². The van der Waals surface area contributed by atoms with E-state index in [9.17, 15) is 4.79 Å². The van der Waals surface area contributed by atoms with Crippen molar-refractivity contribution >= 4 is 17.5 Å². The van der Waals surface area contributed by atoms with Crippen LogP contribution in [0.4, 0.5) is 5.95 Å². The van der Waals surface area contributed by atoms with Crippen LogP contribution in [0.15, 0.2) is 41.2 Å². The normalized spacial score (nSPS) is 11.2. The van der Waals surface area contributed by atoms with Crippen LogP contribution in [-0.2, 0) is 17.8 Å². The quantitative estimate of drug-likeness (QED) is 0.590. The Balaban J connectivity index is 1.55. The molecule has 4 aromatic rings. The highest BCUT2D eigenvalue weighted by molar-refractivity contribution is 5.90. The van der Waals surface area contributed by atoms with Gasteiger partial charge in [0.1, 0.15) is 5.76 Å². The summed E-state index contributed by atoms with van der Waals surface area (Å²) in [6.07, 6.45) is 3.71. The average Bonchev–Trinajstić information content (AvgIpc) is 3.32. The van der Waals surface area contributed by atoms with Crippen LogP contribution in [0.3, 0.4) is 0 Å². The number of hydrogen-bond donors (Lipinski definition) is 1. The Bertz CT molecular complexity index is 1080. The van der Waals surface area contributed by atoms with Crippen molar-refractivity contribution in [2.45, 2.75) is 26.8 Å². The topological polar surface area (TPSA) is 103 Å². The Kier molecular flexibility index (Phi) is 3.96. The first kappa shape index (κ1) is 16.0. The fraction of sp³-hybridized carbons (Fsp3) is 0.235. The lowest BCUT2D eigenvalue weighted by Crippen LogP contribution is -2.15. The summed E-state index contributed by atoms with van der Waals surface area (Å²) in [7, 11) is 0. The highest BCUT2D eigenvalue weighted by Crippen LogP contribution is 2.20. The van der Waals surface area contributed by atoms with Crippen molar-refractivity contribution < 1.29 is 9.32 Å². The fourth-order valence-corrected chi connectivity index (χ4v) is 2.74. The number of pyridine rings is 1. The summed E-state index contributed by atoms with van der Waals surface area (Å²) in [5.74, 6) is 0.479. The van der Waals surface area contributed by atoms with E-state index >= 15 is 0 Å². The van der Waals surface area contributed by atoms with Crippen molar-refractivity contribution in [2.75, 3.05) is 5.32 Å². The maximum atomic E-state index is 12.1. The number of carbonyl (C=O) groups is 1. The fourth-order valence-electron chi connectivity index (χ4n) is 2.74. The van der Waals surface area contributed by atoms with Gasteiger partial charge in [-0.1, -0.05) is 5.16 Å². The molecule has 0 saturated heterocycles. The van der Waals surface area contributed by atoms with Gasteiger partial charge in [-0.3, -0.25) is 14.8 Å². The monoisotopic (exact) mass is 351 g/mol. The van der Waals surface area contributed by atoms with Gasteiger partial charge in [-0.15, -0.1) is 5.10 Å². The second-order valence-electron chi connectivity index (χ2n) is 5.85. The molecule has 4 rings (SSSR count). The SMILES string of the molecule is CCn1nccc1-c1ccc2nc(NC(=O)Cc3cc(C)no3)nn2c1. The van der Waals surface area contributed by atoms with Gasteiger partial charge in [0.2, 0.25) is 11.9 Å². The molecule has 0 atom stereocenters. The number of nitrogens with one attached hydrogen (secondary N) is 1. The third kappa shape index (κ3) is 3.06. The molecule has 0 saturated carbocycles. The van der Waals surface area contributed by atoms with E-state index in [0.29, 0.717) is 11.4 Å². The second kappa shape index (κ2) is 6.43. The van der Waals surface area contributed by atoms with Gasteiger partial charge in [0, 0.05) is 30.6 Å². The molecule has 9 nitrogen and oxygen atoms in total. The van der Waals surface area contributed by atoms with Crippen LogP contribution < -0.4 is 5.32 Å². The zero-order chi connectivity index (χ0) is 18.1. The van der Waals surface area contributed by atoms with E-state index in [4.69, 9.17) is 4.52 Å². The highest BCUT2D eigenvalue weighted by Gasteiger charge is 2.12. The van der Waals surface area contributed by atoms with E-state index in [2.05, 4.69) is 25.7 Å². The molecule has 132 valence electrons. The van der Waals surface area contributed by atoms with Crippen LogP contribution in [0.1, 0.15) is 18.4 Å². The molecule has 0 radical (unpaired) electrons. The van der Waals surface area contributed by atoms with Crippen molar-refractivity contribution in [3.05, 3.63) is 48.1 Å². The van der Waals surface area contributed by atoms with E-state index in [1.165, 1.54) is 0 Å². The van der Waals surface area contributed by atoms with Crippen LogP contribution in [0.2, 0.25) is 0 Å². The molecule has 0 aliphatic heterocycles. The van der Waals surface area contributed by atoms with Gasteiger partial charge in [0.05, 0.1) is 17.8 Å². The standard InChI is InChI=1S/C17H17N7O2/c1-3-23-14(6-7-18-23)12-4-5-15-19-17(21-24(15)10-12)20-16(25)9-13-8-11(2)22-26-13/h4-8,10H,3,9H2,1-2H3,(H,20,21,25). The number of nitrogens with zero attached hydrogens (tertiary/aromatic N) is 6. The molecule has 0 aliphatic carbocycles. The third-order valence-corrected chi connectivity index (χ3v) is 3.91. The summed E-state index contributed by atoms with van der Waals surface area (Å²) in [4.78, 5) is 16.4.